The van der Waals surface area contributed by atoms with Gasteiger partial charge in [0, 0.05) is 0 Å². The van der Waals surface area contributed by atoms with Crippen LogP contribution >= 0.6 is 0 Å². The highest BCUT2D eigenvalue weighted by Gasteiger charge is 2.18. The van der Waals surface area contributed by atoms with Crippen molar-refractivity contribution < 1.29 is 0 Å². The lowest BCUT2D eigenvalue weighted by atomic mass is 9.84. The van der Waals surface area contributed by atoms with Gasteiger partial charge in [-0.3, -0.25) is 0 Å². The third kappa shape index (κ3) is 4.58. The van der Waals surface area contributed by atoms with Gasteiger partial charge in [0.05, 0.1) is 0 Å². The molecule has 0 spiro atoms. The molecule has 0 saturated carbocycles. The van der Waals surface area contributed by atoms with E-state index in [2.05, 4.69) is 170 Å². The first-order chi connectivity index (χ1) is 21.3. The van der Waals surface area contributed by atoms with Crippen molar-refractivity contribution in [3.8, 4) is 22.3 Å². The Hall–Kier alpha value is -5.46. The predicted molar refractivity (Wildman–Crippen MR) is 187 cm³/mol. The summed E-state index contributed by atoms with van der Waals surface area (Å²) in [5.74, 6) is 0. The van der Waals surface area contributed by atoms with Crippen molar-refractivity contribution >= 4 is 49.2 Å². The molecule has 43 heavy (non-hydrogen) atoms. The third-order valence-corrected chi connectivity index (χ3v) is 8.65. The van der Waals surface area contributed by atoms with Gasteiger partial charge in [-0.05, 0) is 82.9 Å². The fraction of sp³-hybridized carbons (Fsp3) is 0.0233. The van der Waals surface area contributed by atoms with E-state index in [1.54, 1.807) is 0 Å². The maximum Gasteiger partial charge on any atom is -0.00141 e. The first-order valence-electron chi connectivity index (χ1n) is 15.0. The van der Waals surface area contributed by atoms with Gasteiger partial charge >= 0.3 is 0 Å². The minimum Gasteiger partial charge on any atom is -0.0795 e. The van der Waals surface area contributed by atoms with E-state index >= 15 is 0 Å². The maximum atomic E-state index is 2.32. The van der Waals surface area contributed by atoms with Crippen LogP contribution in [0.2, 0.25) is 0 Å². The minimum atomic E-state index is 0.913. The largest absolute Gasteiger partial charge is 0.0795 e. The molecule has 0 aliphatic rings. The van der Waals surface area contributed by atoms with Crippen LogP contribution in [-0.2, 0) is 6.42 Å². The molecule has 0 amide bonds. The van der Waals surface area contributed by atoms with E-state index in [4.69, 9.17) is 0 Å². The lowest BCUT2D eigenvalue weighted by Crippen LogP contribution is -1.92. The van der Waals surface area contributed by atoms with Crippen LogP contribution in [0.3, 0.4) is 0 Å². The van der Waals surface area contributed by atoms with Crippen molar-refractivity contribution in [1.29, 1.82) is 0 Å². The van der Waals surface area contributed by atoms with Crippen LogP contribution < -0.4 is 0 Å². The van der Waals surface area contributed by atoms with Gasteiger partial charge in [-0.15, -0.1) is 0 Å². The lowest BCUT2D eigenvalue weighted by molar-refractivity contribution is 1.29. The number of rotatable bonds is 5. The summed E-state index contributed by atoms with van der Waals surface area (Å²) in [7, 11) is 0. The summed E-state index contributed by atoms with van der Waals surface area (Å²) in [5, 5.41) is 10.3. The number of hydrogen-bond donors (Lipinski definition) is 0. The average molecular weight is 547 g/mol. The first-order valence-corrected chi connectivity index (χ1v) is 15.0. The highest BCUT2D eigenvalue weighted by Crippen LogP contribution is 2.46. The van der Waals surface area contributed by atoms with Crippen molar-refractivity contribution in [2.75, 3.05) is 0 Å². The molecule has 0 nitrogen and oxygen atoms in total. The number of fused-ring (bicyclic) bond motifs is 5. The number of allylic oxidation sites excluding steroid dienone is 1. The summed E-state index contributed by atoms with van der Waals surface area (Å²) < 4.78 is 0. The molecule has 0 atom stereocenters. The van der Waals surface area contributed by atoms with Crippen LogP contribution in [0.25, 0.3) is 71.4 Å². The maximum absolute atomic E-state index is 2.32. The van der Waals surface area contributed by atoms with Crippen molar-refractivity contribution in [2.45, 2.75) is 6.42 Å². The average Bonchev–Trinajstić information content (AvgIpc) is 3.08. The van der Waals surface area contributed by atoms with Crippen LogP contribution in [0.4, 0.5) is 0 Å². The number of benzene rings is 8. The van der Waals surface area contributed by atoms with Crippen LogP contribution in [-0.4, -0.2) is 0 Å². The minimum absolute atomic E-state index is 0.913. The third-order valence-electron chi connectivity index (χ3n) is 8.65. The molecule has 0 unspecified atom stereocenters. The molecule has 202 valence electrons. The molecule has 0 aliphatic carbocycles. The van der Waals surface area contributed by atoms with Gasteiger partial charge in [0.15, 0.2) is 0 Å². The normalized spacial score (nSPS) is 11.7. The summed E-state index contributed by atoms with van der Waals surface area (Å²) in [5.41, 5.74) is 7.63. The zero-order valence-electron chi connectivity index (χ0n) is 23.9. The van der Waals surface area contributed by atoms with Gasteiger partial charge in [0.25, 0.3) is 0 Å². The van der Waals surface area contributed by atoms with E-state index in [-0.39, 0.29) is 0 Å². The highest BCUT2D eigenvalue weighted by atomic mass is 14.2. The Morgan fingerprint density at radius 1 is 0.395 bits per heavy atom. The fourth-order valence-corrected chi connectivity index (χ4v) is 6.62. The highest BCUT2D eigenvalue weighted by molar-refractivity contribution is 6.27. The van der Waals surface area contributed by atoms with Crippen LogP contribution in [0.5, 0.6) is 0 Å². The van der Waals surface area contributed by atoms with E-state index in [0.29, 0.717) is 0 Å². The summed E-state index contributed by atoms with van der Waals surface area (Å²) in [4.78, 5) is 0. The molecule has 8 rings (SSSR count). The predicted octanol–water partition coefficient (Wildman–Crippen LogP) is 11.9. The molecule has 0 saturated heterocycles. The van der Waals surface area contributed by atoms with Gasteiger partial charge in [-0.1, -0.05) is 170 Å². The van der Waals surface area contributed by atoms with Crippen molar-refractivity contribution in [3.63, 3.8) is 0 Å². The standard InChI is InChI=1S/C43H30/c1-2-15-34(16-3-1)42-39-20-9-8-19-38(39)41(40-28-27-33-14-6-7-18-37(33)43(40)42)35-25-21-30(22-26-35)11-10-12-31-23-24-32-13-4-5-17-36(32)29-31/h1-11,13-29H,12H2/b11-10+. The van der Waals surface area contributed by atoms with Gasteiger partial charge in [-0.25, -0.2) is 0 Å². The summed E-state index contributed by atoms with van der Waals surface area (Å²) in [6.45, 7) is 0. The van der Waals surface area contributed by atoms with E-state index < -0.39 is 0 Å². The quantitative estimate of drug-likeness (QED) is 0.149. The lowest BCUT2D eigenvalue weighted by Gasteiger charge is -2.19. The van der Waals surface area contributed by atoms with Gasteiger partial charge in [0.2, 0.25) is 0 Å². The van der Waals surface area contributed by atoms with Gasteiger partial charge in [0.1, 0.15) is 0 Å². The molecule has 8 aromatic rings. The van der Waals surface area contributed by atoms with Crippen LogP contribution in [0.15, 0.2) is 164 Å². The van der Waals surface area contributed by atoms with Crippen LogP contribution in [0, 0.1) is 0 Å². The second-order valence-corrected chi connectivity index (χ2v) is 11.3. The summed E-state index contributed by atoms with van der Waals surface area (Å²) in [6, 6.07) is 57.5. The Balaban J connectivity index is 1.24. The van der Waals surface area contributed by atoms with Crippen molar-refractivity contribution in [2.24, 2.45) is 0 Å². The second kappa shape index (κ2) is 10.7. The van der Waals surface area contributed by atoms with Gasteiger partial charge < -0.3 is 0 Å². The Morgan fingerprint density at radius 2 is 1.00 bits per heavy atom. The molecule has 0 aromatic heterocycles. The van der Waals surface area contributed by atoms with Crippen LogP contribution in [0.1, 0.15) is 11.1 Å². The van der Waals surface area contributed by atoms with E-state index in [0.717, 1.165) is 6.42 Å². The Morgan fingerprint density at radius 3 is 1.79 bits per heavy atom. The smallest absolute Gasteiger partial charge is 0.00141 e. The molecule has 0 radical (unpaired) electrons. The first kappa shape index (κ1) is 25.3. The monoisotopic (exact) mass is 546 g/mol. The molecular formula is C43H30. The topological polar surface area (TPSA) is 0 Å². The van der Waals surface area contributed by atoms with E-state index in [1.165, 1.54) is 76.5 Å². The summed E-state index contributed by atoms with van der Waals surface area (Å²) in [6.07, 6.45) is 5.42. The SMILES string of the molecule is C(=C\c1ccc(-c2c3ccccc3c(-c3ccccc3)c3c2ccc2ccccc23)cc1)/Cc1ccc2ccccc2c1. The number of hydrogen-bond acceptors (Lipinski definition) is 0. The van der Waals surface area contributed by atoms with E-state index in [9.17, 15) is 0 Å². The summed E-state index contributed by atoms with van der Waals surface area (Å²) >= 11 is 0. The molecule has 0 fully saturated rings. The molecule has 0 N–H and O–H groups in total. The van der Waals surface area contributed by atoms with Gasteiger partial charge in [-0.2, -0.15) is 0 Å². The fourth-order valence-electron chi connectivity index (χ4n) is 6.62. The van der Waals surface area contributed by atoms with Crippen molar-refractivity contribution in [3.05, 3.63) is 175 Å². The molecular weight excluding hydrogens is 516 g/mol. The molecule has 0 aliphatic heterocycles. The molecule has 8 aromatic carbocycles. The zero-order valence-corrected chi connectivity index (χ0v) is 23.9. The Bertz CT molecular complexity index is 2290. The molecule has 0 heterocycles. The Labute approximate surface area is 252 Å². The second-order valence-electron chi connectivity index (χ2n) is 11.3. The Kier molecular flexibility index (Phi) is 6.31. The van der Waals surface area contributed by atoms with Crippen molar-refractivity contribution in [1.82, 2.24) is 0 Å². The zero-order chi connectivity index (χ0) is 28.6. The van der Waals surface area contributed by atoms with E-state index in [1.807, 2.05) is 0 Å². The molecule has 0 heteroatoms. The molecule has 0 bridgehead atoms.